The number of benzene rings is 2. The van der Waals surface area contributed by atoms with Gasteiger partial charge in [0.15, 0.2) is 0 Å². The lowest BCUT2D eigenvalue weighted by Crippen LogP contribution is -2.20. The average molecular weight is 272 g/mol. The summed E-state index contributed by atoms with van der Waals surface area (Å²) in [6.07, 6.45) is 3.22. The number of aryl methyl sites for hydroxylation is 1. The summed E-state index contributed by atoms with van der Waals surface area (Å²) in [6.45, 7) is 2.20. The van der Waals surface area contributed by atoms with Gasteiger partial charge in [-0.3, -0.25) is 0 Å². The van der Waals surface area contributed by atoms with Crippen LogP contribution in [0.1, 0.15) is 23.6 Å². The summed E-state index contributed by atoms with van der Waals surface area (Å²) in [5, 5.41) is 4.52. The lowest BCUT2D eigenvalue weighted by Gasteiger charge is -2.16. The van der Waals surface area contributed by atoms with Gasteiger partial charge in [0.05, 0.1) is 0 Å². The summed E-state index contributed by atoms with van der Waals surface area (Å²) in [6, 6.07) is 15.3. The van der Waals surface area contributed by atoms with Crippen molar-refractivity contribution in [1.29, 1.82) is 0 Å². The summed E-state index contributed by atoms with van der Waals surface area (Å²) in [5.41, 5.74) is 5.47. The first kappa shape index (κ1) is 12.6. The Balaban J connectivity index is 1.77. The lowest BCUT2D eigenvalue weighted by molar-refractivity contribution is 0.772. The minimum absolute atomic E-state index is 0.487. The van der Waals surface area contributed by atoms with Crippen LogP contribution in [0.2, 0.25) is 5.02 Å². The summed E-state index contributed by atoms with van der Waals surface area (Å²) in [4.78, 5) is 0. The second kappa shape index (κ2) is 5.26. The molecule has 0 spiro atoms. The van der Waals surface area contributed by atoms with Gasteiger partial charge in [0.25, 0.3) is 0 Å². The third-order valence-electron chi connectivity index (χ3n) is 3.86. The van der Waals surface area contributed by atoms with Crippen LogP contribution in [0.25, 0.3) is 0 Å². The largest absolute Gasteiger partial charge is 0.381 e. The predicted octanol–water partition coefficient (Wildman–Crippen LogP) is 4.48. The quantitative estimate of drug-likeness (QED) is 0.868. The van der Waals surface area contributed by atoms with Crippen LogP contribution in [-0.2, 0) is 19.3 Å². The van der Waals surface area contributed by atoms with Gasteiger partial charge in [-0.05, 0) is 54.2 Å². The molecule has 0 aliphatic heterocycles. The van der Waals surface area contributed by atoms with E-state index in [1.54, 1.807) is 0 Å². The van der Waals surface area contributed by atoms with E-state index < -0.39 is 0 Å². The van der Waals surface area contributed by atoms with Crippen molar-refractivity contribution in [2.24, 2.45) is 0 Å². The Morgan fingerprint density at radius 1 is 1.11 bits per heavy atom. The van der Waals surface area contributed by atoms with E-state index in [1.165, 1.54) is 22.4 Å². The molecule has 0 aromatic heterocycles. The topological polar surface area (TPSA) is 12.0 Å². The van der Waals surface area contributed by atoms with Crippen LogP contribution in [0.15, 0.2) is 42.5 Å². The minimum atomic E-state index is 0.487. The highest BCUT2D eigenvalue weighted by atomic mass is 35.5. The van der Waals surface area contributed by atoms with Crippen LogP contribution < -0.4 is 5.32 Å². The third-order valence-corrected chi connectivity index (χ3v) is 4.09. The molecule has 98 valence electrons. The van der Waals surface area contributed by atoms with Crippen molar-refractivity contribution < 1.29 is 0 Å². The SMILES string of the molecule is CCc1ccccc1NC1Cc2ccc(Cl)cc2C1. The van der Waals surface area contributed by atoms with E-state index in [1.807, 2.05) is 6.07 Å². The zero-order chi connectivity index (χ0) is 13.2. The predicted molar refractivity (Wildman–Crippen MR) is 82.1 cm³/mol. The maximum Gasteiger partial charge on any atom is 0.0408 e. The zero-order valence-electron chi connectivity index (χ0n) is 11.1. The van der Waals surface area contributed by atoms with Gasteiger partial charge in [-0.25, -0.2) is 0 Å². The number of rotatable bonds is 3. The number of nitrogens with one attached hydrogen (secondary N) is 1. The van der Waals surface area contributed by atoms with E-state index in [-0.39, 0.29) is 0 Å². The Labute approximate surface area is 119 Å². The number of para-hydroxylation sites is 1. The molecule has 1 N–H and O–H groups in total. The van der Waals surface area contributed by atoms with Gasteiger partial charge in [0.2, 0.25) is 0 Å². The molecule has 0 saturated carbocycles. The van der Waals surface area contributed by atoms with Gasteiger partial charge in [-0.1, -0.05) is 42.8 Å². The summed E-state index contributed by atoms with van der Waals surface area (Å²) >= 11 is 6.06. The third kappa shape index (κ3) is 2.62. The van der Waals surface area contributed by atoms with Crippen molar-refractivity contribution in [3.05, 3.63) is 64.2 Å². The highest BCUT2D eigenvalue weighted by molar-refractivity contribution is 6.30. The van der Waals surface area contributed by atoms with Crippen molar-refractivity contribution in [3.8, 4) is 0 Å². The molecule has 1 nitrogen and oxygen atoms in total. The Bertz CT molecular complexity index is 592. The second-order valence-electron chi connectivity index (χ2n) is 5.17. The average Bonchev–Trinajstić information content (AvgIpc) is 2.80. The number of fused-ring (bicyclic) bond motifs is 1. The molecule has 0 amide bonds. The standard InChI is InChI=1S/C17H18ClN/c1-2-12-5-3-4-6-17(12)19-16-10-13-7-8-15(18)9-14(13)11-16/h3-9,16,19H,2,10-11H2,1H3. The van der Waals surface area contributed by atoms with Gasteiger partial charge in [-0.15, -0.1) is 0 Å². The number of anilines is 1. The summed E-state index contributed by atoms with van der Waals surface area (Å²) in [5.74, 6) is 0. The van der Waals surface area contributed by atoms with E-state index in [4.69, 9.17) is 11.6 Å². The van der Waals surface area contributed by atoms with Crippen molar-refractivity contribution in [3.63, 3.8) is 0 Å². The maximum atomic E-state index is 6.06. The Kier molecular flexibility index (Phi) is 3.48. The molecule has 1 aliphatic carbocycles. The molecular formula is C17H18ClN. The highest BCUT2D eigenvalue weighted by Gasteiger charge is 2.21. The molecule has 1 aliphatic rings. The molecule has 0 saturated heterocycles. The molecule has 1 unspecified atom stereocenters. The van der Waals surface area contributed by atoms with Crippen LogP contribution in [0.4, 0.5) is 5.69 Å². The molecule has 19 heavy (non-hydrogen) atoms. The van der Waals surface area contributed by atoms with Crippen LogP contribution >= 0.6 is 11.6 Å². The van der Waals surface area contributed by atoms with Gasteiger partial charge in [-0.2, -0.15) is 0 Å². The van der Waals surface area contributed by atoms with E-state index in [2.05, 4.69) is 48.6 Å². The molecule has 0 heterocycles. The Morgan fingerprint density at radius 2 is 1.89 bits per heavy atom. The molecule has 2 aromatic carbocycles. The van der Waals surface area contributed by atoms with Crippen molar-refractivity contribution in [2.75, 3.05) is 5.32 Å². The van der Waals surface area contributed by atoms with E-state index in [0.717, 1.165) is 24.3 Å². The number of halogens is 1. The molecule has 0 radical (unpaired) electrons. The van der Waals surface area contributed by atoms with Gasteiger partial charge < -0.3 is 5.32 Å². The molecule has 2 aromatic rings. The number of hydrogen-bond acceptors (Lipinski definition) is 1. The van der Waals surface area contributed by atoms with Crippen molar-refractivity contribution >= 4 is 17.3 Å². The first-order chi connectivity index (χ1) is 9.26. The second-order valence-corrected chi connectivity index (χ2v) is 5.61. The van der Waals surface area contributed by atoms with E-state index in [0.29, 0.717) is 6.04 Å². The first-order valence-corrected chi connectivity index (χ1v) is 7.26. The molecule has 2 heteroatoms. The molecule has 0 fully saturated rings. The zero-order valence-corrected chi connectivity index (χ0v) is 11.9. The summed E-state index contributed by atoms with van der Waals surface area (Å²) in [7, 11) is 0. The Morgan fingerprint density at radius 3 is 2.74 bits per heavy atom. The Hall–Kier alpha value is -1.47. The van der Waals surface area contributed by atoms with Crippen molar-refractivity contribution in [2.45, 2.75) is 32.2 Å². The van der Waals surface area contributed by atoms with Gasteiger partial charge in [0.1, 0.15) is 0 Å². The lowest BCUT2D eigenvalue weighted by atomic mass is 10.1. The van der Waals surface area contributed by atoms with E-state index in [9.17, 15) is 0 Å². The normalized spacial score (nSPS) is 17.3. The molecule has 0 bridgehead atoms. The minimum Gasteiger partial charge on any atom is -0.381 e. The van der Waals surface area contributed by atoms with Gasteiger partial charge in [0, 0.05) is 16.8 Å². The monoisotopic (exact) mass is 271 g/mol. The van der Waals surface area contributed by atoms with Crippen LogP contribution in [0.5, 0.6) is 0 Å². The fourth-order valence-electron chi connectivity index (χ4n) is 2.88. The van der Waals surface area contributed by atoms with Crippen molar-refractivity contribution in [1.82, 2.24) is 0 Å². The molecular weight excluding hydrogens is 254 g/mol. The van der Waals surface area contributed by atoms with Crippen LogP contribution in [0, 0.1) is 0 Å². The fourth-order valence-corrected chi connectivity index (χ4v) is 3.07. The maximum absolute atomic E-state index is 6.06. The highest BCUT2D eigenvalue weighted by Crippen LogP contribution is 2.28. The molecule has 1 atom stereocenters. The summed E-state index contributed by atoms with van der Waals surface area (Å²) < 4.78 is 0. The van der Waals surface area contributed by atoms with E-state index >= 15 is 0 Å². The number of hydrogen-bond donors (Lipinski definition) is 1. The fraction of sp³-hybridized carbons (Fsp3) is 0.294. The van der Waals surface area contributed by atoms with Crippen LogP contribution in [-0.4, -0.2) is 6.04 Å². The van der Waals surface area contributed by atoms with Crippen LogP contribution in [0.3, 0.4) is 0 Å². The first-order valence-electron chi connectivity index (χ1n) is 6.88. The molecule has 3 rings (SSSR count). The smallest absolute Gasteiger partial charge is 0.0408 e. The van der Waals surface area contributed by atoms with Gasteiger partial charge >= 0.3 is 0 Å².